The van der Waals surface area contributed by atoms with E-state index in [1.807, 2.05) is 26.0 Å². The van der Waals surface area contributed by atoms with Crippen molar-refractivity contribution in [2.45, 2.75) is 20.4 Å². The van der Waals surface area contributed by atoms with Gasteiger partial charge >= 0.3 is 0 Å². The number of carbonyl (C=O) groups is 1. The molecule has 2 rings (SSSR count). The van der Waals surface area contributed by atoms with Crippen LogP contribution in [0.5, 0.6) is 0 Å². The maximum atomic E-state index is 11.8. The van der Waals surface area contributed by atoms with Crippen LogP contribution in [0, 0.1) is 5.92 Å². The van der Waals surface area contributed by atoms with Gasteiger partial charge in [-0.2, -0.15) is 5.10 Å². The van der Waals surface area contributed by atoms with Crippen LogP contribution in [-0.2, 0) is 11.3 Å². The highest BCUT2D eigenvalue weighted by atomic mass is 35.5. The average molecular weight is 308 g/mol. The number of aromatic nitrogens is 2. The SMILES string of the molecule is CC(C)C(=O)Nc1cc(-c2ccc(Cl)cc2)nn1CCO. The van der Waals surface area contributed by atoms with Crippen LogP contribution in [0.2, 0.25) is 5.02 Å². The minimum atomic E-state index is -0.124. The van der Waals surface area contributed by atoms with Gasteiger partial charge in [-0.05, 0) is 12.1 Å². The van der Waals surface area contributed by atoms with E-state index in [0.717, 1.165) is 11.3 Å². The maximum Gasteiger partial charge on any atom is 0.228 e. The molecular weight excluding hydrogens is 290 g/mol. The summed E-state index contributed by atoms with van der Waals surface area (Å²) >= 11 is 5.87. The fraction of sp³-hybridized carbons (Fsp3) is 0.333. The first-order chi connectivity index (χ1) is 10.0. The first-order valence-corrected chi connectivity index (χ1v) is 7.14. The molecule has 1 amide bonds. The zero-order valence-corrected chi connectivity index (χ0v) is 12.8. The molecule has 0 spiro atoms. The van der Waals surface area contributed by atoms with E-state index in [2.05, 4.69) is 10.4 Å². The van der Waals surface area contributed by atoms with E-state index >= 15 is 0 Å². The van der Waals surface area contributed by atoms with E-state index in [0.29, 0.717) is 17.4 Å². The molecule has 21 heavy (non-hydrogen) atoms. The van der Waals surface area contributed by atoms with Crippen molar-refractivity contribution in [2.75, 3.05) is 11.9 Å². The number of anilines is 1. The molecule has 2 N–H and O–H groups in total. The van der Waals surface area contributed by atoms with Gasteiger partial charge in [0.05, 0.1) is 18.8 Å². The minimum absolute atomic E-state index is 0.0493. The minimum Gasteiger partial charge on any atom is -0.394 e. The van der Waals surface area contributed by atoms with E-state index in [9.17, 15) is 4.79 Å². The van der Waals surface area contributed by atoms with Crippen molar-refractivity contribution in [3.8, 4) is 11.3 Å². The number of aliphatic hydroxyl groups is 1. The van der Waals surface area contributed by atoms with E-state index in [1.54, 1.807) is 22.9 Å². The molecule has 0 aliphatic rings. The second-order valence-electron chi connectivity index (χ2n) is 5.01. The van der Waals surface area contributed by atoms with Crippen molar-refractivity contribution in [1.29, 1.82) is 0 Å². The third-order valence-electron chi connectivity index (χ3n) is 3.01. The van der Waals surface area contributed by atoms with Crippen LogP contribution >= 0.6 is 11.6 Å². The van der Waals surface area contributed by atoms with Gasteiger partial charge in [0.2, 0.25) is 5.91 Å². The zero-order chi connectivity index (χ0) is 15.4. The molecule has 0 aliphatic heterocycles. The summed E-state index contributed by atoms with van der Waals surface area (Å²) in [6, 6.07) is 9.09. The predicted octanol–water partition coefficient (Wildman–Crippen LogP) is 2.79. The van der Waals surface area contributed by atoms with Gasteiger partial charge in [-0.25, -0.2) is 4.68 Å². The molecule has 0 radical (unpaired) electrons. The topological polar surface area (TPSA) is 67.2 Å². The van der Waals surface area contributed by atoms with Crippen LogP contribution in [0.15, 0.2) is 30.3 Å². The molecule has 0 bridgehead atoms. The fourth-order valence-corrected chi connectivity index (χ4v) is 1.94. The molecule has 1 aromatic carbocycles. The largest absolute Gasteiger partial charge is 0.394 e. The maximum absolute atomic E-state index is 11.8. The molecular formula is C15H18ClN3O2. The van der Waals surface area contributed by atoms with Gasteiger partial charge in [-0.1, -0.05) is 37.6 Å². The predicted molar refractivity (Wildman–Crippen MR) is 83.2 cm³/mol. The van der Waals surface area contributed by atoms with Crippen LogP contribution in [0.3, 0.4) is 0 Å². The number of aliphatic hydroxyl groups excluding tert-OH is 1. The Bertz CT molecular complexity index is 620. The molecule has 112 valence electrons. The van der Waals surface area contributed by atoms with Crippen molar-refractivity contribution >= 4 is 23.3 Å². The zero-order valence-electron chi connectivity index (χ0n) is 12.0. The number of hydrogen-bond acceptors (Lipinski definition) is 3. The van der Waals surface area contributed by atoms with Gasteiger partial charge < -0.3 is 10.4 Å². The number of nitrogens with zero attached hydrogens (tertiary/aromatic N) is 2. The van der Waals surface area contributed by atoms with Gasteiger partial charge in [0.1, 0.15) is 5.82 Å². The highest BCUT2D eigenvalue weighted by Crippen LogP contribution is 2.23. The summed E-state index contributed by atoms with van der Waals surface area (Å²) in [4.78, 5) is 11.8. The highest BCUT2D eigenvalue weighted by molar-refractivity contribution is 6.30. The normalized spacial score (nSPS) is 10.9. The van der Waals surface area contributed by atoms with Crippen molar-refractivity contribution in [2.24, 2.45) is 5.92 Å². The van der Waals surface area contributed by atoms with Gasteiger partial charge in [-0.15, -0.1) is 0 Å². The number of nitrogens with one attached hydrogen (secondary N) is 1. The van der Waals surface area contributed by atoms with Gasteiger partial charge in [0.25, 0.3) is 0 Å². The lowest BCUT2D eigenvalue weighted by Crippen LogP contribution is -2.20. The summed E-state index contributed by atoms with van der Waals surface area (Å²) in [5.41, 5.74) is 1.62. The lowest BCUT2D eigenvalue weighted by atomic mass is 10.1. The molecule has 0 saturated heterocycles. The molecule has 0 unspecified atom stereocenters. The van der Waals surface area contributed by atoms with Gasteiger partial charge in [0.15, 0.2) is 0 Å². The molecule has 1 aromatic heterocycles. The Kier molecular flexibility index (Phi) is 4.98. The van der Waals surface area contributed by atoms with Crippen LogP contribution in [0.4, 0.5) is 5.82 Å². The number of benzene rings is 1. The summed E-state index contributed by atoms with van der Waals surface area (Å²) in [7, 11) is 0. The Labute approximate surface area is 128 Å². The number of carbonyl (C=O) groups excluding carboxylic acids is 1. The van der Waals surface area contributed by atoms with Crippen molar-refractivity contribution in [3.63, 3.8) is 0 Å². The summed E-state index contributed by atoms with van der Waals surface area (Å²) in [6.07, 6.45) is 0. The first-order valence-electron chi connectivity index (χ1n) is 6.76. The third kappa shape index (κ3) is 3.83. The molecule has 0 aliphatic carbocycles. The monoisotopic (exact) mass is 307 g/mol. The molecule has 5 nitrogen and oxygen atoms in total. The molecule has 0 saturated carbocycles. The van der Waals surface area contributed by atoms with Crippen LogP contribution < -0.4 is 5.32 Å². The second-order valence-corrected chi connectivity index (χ2v) is 5.45. The molecule has 2 aromatic rings. The summed E-state index contributed by atoms with van der Waals surface area (Å²) in [5, 5.41) is 17.0. The Morgan fingerprint density at radius 1 is 1.38 bits per heavy atom. The van der Waals surface area contributed by atoms with Gasteiger partial charge in [0, 0.05) is 22.6 Å². The Morgan fingerprint density at radius 3 is 2.62 bits per heavy atom. The second kappa shape index (κ2) is 6.74. The van der Waals surface area contributed by atoms with Crippen LogP contribution in [-0.4, -0.2) is 27.4 Å². The van der Waals surface area contributed by atoms with Crippen molar-refractivity contribution in [1.82, 2.24) is 9.78 Å². The summed E-state index contributed by atoms with van der Waals surface area (Å²) < 4.78 is 1.59. The van der Waals surface area contributed by atoms with Crippen LogP contribution in [0.1, 0.15) is 13.8 Å². The Balaban J connectivity index is 2.32. The van der Waals surface area contributed by atoms with Gasteiger partial charge in [-0.3, -0.25) is 4.79 Å². The van der Waals surface area contributed by atoms with E-state index in [4.69, 9.17) is 16.7 Å². The van der Waals surface area contributed by atoms with E-state index < -0.39 is 0 Å². The number of amides is 1. The lowest BCUT2D eigenvalue weighted by molar-refractivity contribution is -0.118. The number of rotatable bonds is 5. The smallest absolute Gasteiger partial charge is 0.228 e. The highest BCUT2D eigenvalue weighted by Gasteiger charge is 2.14. The first kappa shape index (κ1) is 15.5. The molecule has 6 heteroatoms. The fourth-order valence-electron chi connectivity index (χ4n) is 1.81. The van der Waals surface area contributed by atoms with Crippen LogP contribution in [0.25, 0.3) is 11.3 Å². The molecule has 0 atom stereocenters. The number of halogens is 1. The molecule has 0 fully saturated rings. The number of hydrogen-bond donors (Lipinski definition) is 2. The summed E-state index contributed by atoms with van der Waals surface area (Å²) in [6.45, 7) is 3.91. The van der Waals surface area contributed by atoms with E-state index in [1.165, 1.54) is 0 Å². The lowest BCUT2D eigenvalue weighted by Gasteiger charge is -2.09. The van der Waals surface area contributed by atoms with Crippen molar-refractivity contribution in [3.05, 3.63) is 35.4 Å². The third-order valence-corrected chi connectivity index (χ3v) is 3.26. The quantitative estimate of drug-likeness (QED) is 0.892. The average Bonchev–Trinajstić information content (AvgIpc) is 2.83. The molecule has 1 heterocycles. The standard InChI is InChI=1S/C15H18ClN3O2/c1-10(2)15(21)17-14-9-13(18-19(14)7-8-20)11-3-5-12(16)6-4-11/h3-6,9-10,20H,7-8H2,1-2H3,(H,17,21). The van der Waals surface area contributed by atoms with E-state index in [-0.39, 0.29) is 18.4 Å². The Morgan fingerprint density at radius 2 is 2.05 bits per heavy atom. The Hall–Kier alpha value is -1.85. The van der Waals surface area contributed by atoms with Crippen molar-refractivity contribution < 1.29 is 9.90 Å². The summed E-state index contributed by atoms with van der Waals surface area (Å²) in [5.74, 6) is 0.367.